The van der Waals surface area contributed by atoms with Crippen molar-refractivity contribution in [3.63, 3.8) is 0 Å². The molecule has 2 aromatic heterocycles. The highest BCUT2D eigenvalue weighted by Crippen LogP contribution is 2.47. The summed E-state index contributed by atoms with van der Waals surface area (Å²) < 4.78 is 9.39. The molecule has 10 aromatic carbocycles. The van der Waals surface area contributed by atoms with E-state index in [2.05, 4.69) is 223 Å². The predicted octanol–water partition coefficient (Wildman–Crippen LogP) is 17.2. The number of para-hydroxylation sites is 1. The van der Waals surface area contributed by atoms with Crippen molar-refractivity contribution in [2.75, 3.05) is 4.90 Å². The summed E-state index contributed by atoms with van der Waals surface area (Å²) in [5.74, 6) is 0. The summed E-state index contributed by atoms with van der Waals surface area (Å²) in [6.45, 7) is 0. The van der Waals surface area contributed by atoms with Gasteiger partial charge in [-0.05, 0) is 110 Å². The van der Waals surface area contributed by atoms with Crippen LogP contribution in [0, 0.1) is 0 Å². The van der Waals surface area contributed by atoms with Gasteiger partial charge >= 0.3 is 0 Å². The van der Waals surface area contributed by atoms with E-state index < -0.39 is 0 Å². The molecule has 0 saturated heterocycles. The first kappa shape index (κ1) is 35.2. The standard InChI is InChI=1S/C58H37NOS/c1-2-14-40(15-3-1)47-35-36-52(57-50-19-8-10-22-53(50)60-58(47)57)59(44-31-27-39(28-32-44)43-26-25-38-13-4-5-16-42(38)37-43)45-33-29-41(30-34-45)46-17-6-7-18-48(46)49-21-12-24-55-56(49)51-20-9-11-23-54(51)61-55/h1-37H. The number of hydrogen-bond acceptors (Lipinski definition) is 3. The van der Waals surface area contributed by atoms with E-state index in [1.165, 1.54) is 64.3 Å². The van der Waals surface area contributed by atoms with Gasteiger partial charge in [0.1, 0.15) is 11.2 Å². The maximum absolute atomic E-state index is 6.77. The van der Waals surface area contributed by atoms with Crippen LogP contribution in [0.1, 0.15) is 0 Å². The summed E-state index contributed by atoms with van der Waals surface area (Å²) in [5.41, 5.74) is 14.4. The molecule has 0 atom stereocenters. The van der Waals surface area contributed by atoms with Crippen LogP contribution in [0.15, 0.2) is 229 Å². The second kappa shape index (κ2) is 14.5. The molecule has 0 radical (unpaired) electrons. The lowest BCUT2D eigenvalue weighted by Crippen LogP contribution is -2.10. The van der Waals surface area contributed by atoms with E-state index in [9.17, 15) is 0 Å². The largest absolute Gasteiger partial charge is 0.455 e. The first-order valence-corrected chi connectivity index (χ1v) is 21.6. The van der Waals surface area contributed by atoms with Gasteiger partial charge in [0, 0.05) is 42.5 Å². The van der Waals surface area contributed by atoms with Crippen molar-refractivity contribution in [1.82, 2.24) is 0 Å². The third kappa shape index (κ3) is 6.01. The van der Waals surface area contributed by atoms with E-state index in [0.717, 1.165) is 50.1 Å². The number of anilines is 3. The molecule has 3 heteroatoms. The molecule has 0 N–H and O–H groups in total. The quantitative estimate of drug-likeness (QED) is 0.160. The minimum Gasteiger partial charge on any atom is -0.455 e. The minimum absolute atomic E-state index is 0.870. The van der Waals surface area contributed by atoms with Gasteiger partial charge in [-0.15, -0.1) is 11.3 Å². The number of fused-ring (bicyclic) bond motifs is 7. The maximum Gasteiger partial charge on any atom is 0.145 e. The van der Waals surface area contributed by atoms with Gasteiger partial charge in [-0.25, -0.2) is 0 Å². The zero-order chi connectivity index (χ0) is 40.3. The fourth-order valence-electron chi connectivity index (χ4n) is 9.20. The van der Waals surface area contributed by atoms with E-state index in [-0.39, 0.29) is 0 Å². The van der Waals surface area contributed by atoms with Crippen LogP contribution in [0.2, 0.25) is 0 Å². The molecule has 0 unspecified atom stereocenters. The second-order valence-corrected chi connectivity index (χ2v) is 16.7. The van der Waals surface area contributed by atoms with Crippen molar-refractivity contribution in [3.8, 4) is 44.5 Å². The van der Waals surface area contributed by atoms with Crippen LogP contribution in [0.4, 0.5) is 17.1 Å². The lowest BCUT2D eigenvalue weighted by atomic mass is 9.92. The van der Waals surface area contributed by atoms with Gasteiger partial charge in [0.15, 0.2) is 0 Å². The molecule has 0 fully saturated rings. The highest BCUT2D eigenvalue weighted by Gasteiger charge is 2.23. The summed E-state index contributed by atoms with van der Waals surface area (Å²) in [7, 11) is 0. The third-order valence-electron chi connectivity index (χ3n) is 12.1. The number of thiophene rings is 1. The topological polar surface area (TPSA) is 16.4 Å². The van der Waals surface area contributed by atoms with Crippen molar-refractivity contribution in [3.05, 3.63) is 224 Å². The summed E-state index contributed by atoms with van der Waals surface area (Å²) >= 11 is 1.86. The zero-order valence-corrected chi connectivity index (χ0v) is 33.9. The molecule has 286 valence electrons. The Morgan fingerprint density at radius 1 is 0.344 bits per heavy atom. The van der Waals surface area contributed by atoms with E-state index in [0.29, 0.717) is 0 Å². The zero-order valence-electron chi connectivity index (χ0n) is 33.1. The van der Waals surface area contributed by atoms with Crippen LogP contribution in [0.5, 0.6) is 0 Å². The Hall–Kier alpha value is -7.72. The Morgan fingerprint density at radius 2 is 0.951 bits per heavy atom. The Bertz CT molecular complexity index is 3580. The van der Waals surface area contributed by atoms with Crippen LogP contribution in [-0.4, -0.2) is 0 Å². The van der Waals surface area contributed by atoms with E-state index in [1.807, 2.05) is 17.4 Å². The summed E-state index contributed by atoms with van der Waals surface area (Å²) in [6.07, 6.45) is 0. The molecular formula is C58H37NOS. The summed E-state index contributed by atoms with van der Waals surface area (Å²) in [4.78, 5) is 2.39. The highest BCUT2D eigenvalue weighted by atomic mass is 32.1. The smallest absolute Gasteiger partial charge is 0.145 e. The van der Waals surface area contributed by atoms with Crippen molar-refractivity contribution < 1.29 is 4.42 Å². The van der Waals surface area contributed by atoms with Gasteiger partial charge in [-0.3, -0.25) is 0 Å². The average Bonchev–Trinajstić information content (AvgIpc) is 3.92. The van der Waals surface area contributed by atoms with Gasteiger partial charge in [-0.1, -0.05) is 164 Å². The first-order chi connectivity index (χ1) is 30.2. The lowest BCUT2D eigenvalue weighted by Gasteiger charge is -2.27. The number of hydrogen-bond donors (Lipinski definition) is 0. The minimum atomic E-state index is 0.870. The van der Waals surface area contributed by atoms with Crippen LogP contribution >= 0.6 is 11.3 Å². The third-order valence-corrected chi connectivity index (χ3v) is 13.2. The number of rotatable bonds is 7. The van der Waals surface area contributed by atoms with E-state index in [1.54, 1.807) is 0 Å². The first-order valence-electron chi connectivity index (χ1n) is 20.7. The molecular weight excluding hydrogens is 759 g/mol. The van der Waals surface area contributed by atoms with Gasteiger partial charge < -0.3 is 9.32 Å². The molecule has 0 amide bonds. The Labute approximate surface area is 357 Å². The van der Waals surface area contributed by atoms with Gasteiger partial charge in [0.05, 0.1) is 11.1 Å². The second-order valence-electron chi connectivity index (χ2n) is 15.6. The molecule has 12 rings (SSSR count). The van der Waals surface area contributed by atoms with Crippen LogP contribution in [0.3, 0.4) is 0 Å². The normalized spacial score (nSPS) is 11.6. The summed E-state index contributed by atoms with van der Waals surface area (Å²) in [6, 6.07) is 81.1. The molecule has 2 nitrogen and oxygen atoms in total. The molecule has 0 aliphatic rings. The fourth-order valence-corrected chi connectivity index (χ4v) is 10.3. The Morgan fingerprint density at radius 3 is 1.77 bits per heavy atom. The highest BCUT2D eigenvalue weighted by molar-refractivity contribution is 7.25. The molecule has 0 bridgehead atoms. The molecule has 0 aliphatic carbocycles. The number of nitrogens with zero attached hydrogens (tertiary/aromatic N) is 1. The summed E-state index contributed by atoms with van der Waals surface area (Å²) in [5, 5.41) is 7.28. The van der Waals surface area contributed by atoms with Crippen molar-refractivity contribution in [2.45, 2.75) is 0 Å². The van der Waals surface area contributed by atoms with E-state index in [4.69, 9.17) is 4.42 Å². The van der Waals surface area contributed by atoms with Gasteiger partial charge in [0.2, 0.25) is 0 Å². The van der Waals surface area contributed by atoms with Crippen molar-refractivity contribution in [2.24, 2.45) is 0 Å². The molecule has 0 aliphatic heterocycles. The van der Waals surface area contributed by atoms with Gasteiger partial charge in [-0.2, -0.15) is 0 Å². The molecule has 0 spiro atoms. The maximum atomic E-state index is 6.77. The SMILES string of the molecule is c1ccc(-c2ccc(N(c3ccc(-c4ccc5ccccc5c4)cc3)c3ccc(-c4ccccc4-c4cccc5sc6ccccc6c45)cc3)c3c2oc2ccccc23)cc1. The molecule has 0 saturated carbocycles. The molecule has 12 aromatic rings. The lowest BCUT2D eigenvalue weighted by molar-refractivity contribution is 0.670. The van der Waals surface area contributed by atoms with Gasteiger partial charge in [0.25, 0.3) is 0 Å². The molecule has 61 heavy (non-hydrogen) atoms. The van der Waals surface area contributed by atoms with Crippen molar-refractivity contribution in [1.29, 1.82) is 0 Å². The van der Waals surface area contributed by atoms with E-state index >= 15 is 0 Å². The average molecular weight is 796 g/mol. The Balaban J connectivity index is 1.02. The fraction of sp³-hybridized carbons (Fsp3) is 0. The van der Waals surface area contributed by atoms with Crippen LogP contribution in [0.25, 0.3) is 97.4 Å². The number of furan rings is 1. The van der Waals surface area contributed by atoms with Crippen LogP contribution in [-0.2, 0) is 0 Å². The molecule has 2 heterocycles. The number of benzene rings is 10. The monoisotopic (exact) mass is 795 g/mol. The predicted molar refractivity (Wildman–Crippen MR) is 261 cm³/mol. The van der Waals surface area contributed by atoms with Crippen LogP contribution < -0.4 is 4.90 Å². The van der Waals surface area contributed by atoms with Crippen molar-refractivity contribution >= 4 is 81.3 Å². The Kier molecular flexibility index (Phi) is 8.39.